The van der Waals surface area contributed by atoms with Crippen molar-refractivity contribution < 1.29 is 4.74 Å². The Morgan fingerprint density at radius 1 is 1.00 bits per heavy atom. The van der Waals surface area contributed by atoms with Gasteiger partial charge in [0.2, 0.25) is 0 Å². The summed E-state index contributed by atoms with van der Waals surface area (Å²) < 4.78 is 5.42. The highest BCUT2D eigenvalue weighted by molar-refractivity contribution is 5.87. The molecule has 0 N–H and O–H groups in total. The number of nitrogens with zero attached hydrogens (tertiary/aromatic N) is 2. The number of anilines is 1. The minimum atomic E-state index is 0.913. The van der Waals surface area contributed by atoms with Gasteiger partial charge in [0.15, 0.2) is 0 Å². The van der Waals surface area contributed by atoms with Crippen LogP contribution < -0.4 is 9.64 Å². The van der Waals surface area contributed by atoms with Crippen LogP contribution in [0.4, 0.5) is 5.69 Å². The van der Waals surface area contributed by atoms with Crippen LogP contribution in [-0.4, -0.2) is 25.2 Å². The number of piperidine rings is 1. The highest BCUT2D eigenvalue weighted by Crippen LogP contribution is 2.27. The molecule has 3 aromatic rings. The standard InChI is InChI=1S/C24H28N2O/c1-18-17-25-21(15-24(18)26-13-4-3-5-14-26)11-9-19-7-6-8-20-10-12-22(27-2)16-23(19)20/h6-8,10,12,15-17H,3-5,9,11,13-14H2,1-2H3. The Hall–Kier alpha value is -2.55. The summed E-state index contributed by atoms with van der Waals surface area (Å²) >= 11 is 0. The van der Waals surface area contributed by atoms with E-state index >= 15 is 0 Å². The number of aryl methyl sites for hydroxylation is 3. The van der Waals surface area contributed by atoms with Gasteiger partial charge >= 0.3 is 0 Å². The fourth-order valence-electron chi connectivity index (χ4n) is 4.09. The van der Waals surface area contributed by atoms with E-state index in [9.17, 15) is 0 Å². The minimum Gasteiger partial charge on any atom is -0.497 e. The van der Waals surface area contributed by atoms with Crippen LogP contribution >= 0.6 is 0 Å². The lowest BCUT2D eigenvalue weighted by Crippen LogP contribution is -2.30. The molecule has 0 spiro atoms. The van der Waals surface area contributed by atoms with Gasteiger partial charge in [0.25, 0.3) is 0 Å². The second-order valence-electron chi connectivity index (χ2n) is 7.51. The Morgan fingerprint density at radius 3 is 2.67 bits per heavy atom. The lowest BCUT2D eigenvalue weighted by atomic mass is 9.99. The molecule has 4 rings (SSSR count). The van der Waals surface area contributed by atoms with Crippen molar-refractivity contribution in [3.63, 3.8) is 0 Å². The molecule has 2 aromatic carbocycles. The van der Waals surface area contributed by atoms with Gasteiger partial charge in [0.05, 0.1) is 7.11 Å². The molecule has 0 atom stereocenters. The van der Waals surface area contributed by atoms with Crippen molar-refractivity contribution in [2.24, 2.45) is 0 Å². The number of hydrogen-bond acceptors (Lipinski definition) is 3. The average molecular weight is 361 g/mol. The van der Waals surface area contributed by atoms with Gasteiger partial charge in [-0.1, -0.05) is 24.3 Å². The van der Waals surface area contributed by atoms with E-state index in [4.69, 9.17) is 9.72 Å². The molecule has 3 nitrogen and oxygen atoms in total. The van der Waals surface area contributed by atoms with E-state index in [-0.39, 0.29) is 0 Å². The van der Waals surface area contributed by atoms with E-state index in [0.717, 1.165) is 18.6 Å². The van der Waals surface area contributed by atoms with E-state index in [1.54, 1.807) is 7.11 Å². The van der Waals surface area contributed by atoms with Crippen LogP contribution in [-0.2, 0) is 12.8 Å². The minimum absolute atomic E-state index is 0.913. The van der Waals surface area contributed by atoms with Crippen LogP contribution in [0.2, 0.25) is 0 Å². The predicted octanol–water partition coefficient (Wildman–Crippen LogP) is 5.33. The Morgan fingerprint density at radius 2 is 1.85 bits per heavy atom. The number of pyridine rings is 1. The van der Waals surface area contributed by atoms with Crippen molar-refractivity contribution in [2.75, 3.05) is 25.1 Å². The molecule has 0 aliphatic carbocycles. The van der Waals surface area contributed by atoms with Crippen molar-refractivity contribution >= 4 is 16.5 Å². The molecule has 2 heterocycles. The first kappa shape index (κ1) is 17.8. The summed E-state index contributed by atoms with van der Waals surface area (Å²) in [5.41, 5.74) is 5.20. The molecule has 0 bridgehead atoms. The summed E-state index contributed by atoms with van der Waals surface area (Å²) in [6, 6.07) is 15.2. The Labute approximate surface area is 162 Å². The number of methoxy groups -OCH3 is 1. The van der Waals surface area contributed by atoms with Crippen molar-refractivity contribution in [1.29, 1.82) is 0 Å². The molecule has 3 heteroatoms. The Balaban J connectivity index is 1.56. The Kier molecular flexibility index (Phi) is 5.28. The van der Waals surface area contributed by atoms with E-state index < -0.39 is 0 Å². The molecule has 0 amide bonds. The second-order valence-corrected chi connectivity index (χ2v) is 7.51. The van der Waals surface area contributed by atoms with E-state index in [1.165, 1.54) is 65.6 Å². The van der Waals surface area contributed by atoms with Gasteiger partial charge in [-0.2, -0.15) is 0 Å². The third-order valence-electron chi connectivity index (χ3n) is 5.66. The molecule has 1 aliphatic rings. The largest absolute Gasteiger partial charge is 0.497 e. The molecule has 0 unspecified atom stereocenters. The van der Waals surface area contributed by atoms with Crippen LogP contribution in [0.1, 0.15) is 36.1 Å². The fraction of sp³-hybridized carbons (Fsp3) is 0.375. The zero-order valence-corrected chi connectivity index (χ0v) is 16.4. The van der Waals surface area contributed by atoms with Gasteiger partial charge in [0, 0.05) is 30.7 Å². The summed E-state index contributed by atoms with van der Waals surface area (Å²) in [7, 11) is 1.72. The van der Waals surface area contributed by atoms with Gasteiger partial charge in [-0.05, 0) is 79.1 Å². The number of hydrogen-bond donors (Lipinski definition) is 0. The number of ether oxygens (including phenoxy) is 1. The normalized spacial score (nSPS) is 14.5. The molecule has 0 saturated carbocycles. The maximum atomic E-state index is 5.42. The third-order valence-corrected chi connectivity index (χ3v) is 5.66. The van der Waals surface area contributed by atoms with Gasteiger partial charge in [-0.3, -0.25) is 4.98 Å². The van der Waals surface area contributed by atoms with Gasteiger partial charge < -0.3 is 9.64 Å². The van der Waals surface area contributed by atoms with Crippen molar-refractivity contribution in [1.82, 2.24) is 4.98 Å². The van der Waals surface area contributed by atoms with Crippen LogP contribution in [0.5, 0.6) is 5.75 Å². The van der Waals surface area contributed by atoms with E-state index in [0.29, 0.717) is 0 Å². The molecule has 1 saturated heterocycles. The topological polar surface area (TPSA) is 25.4 Å². The highest BCUT2D eigenvalue weighted by atomic mass is 16.5. The zero-order chi connectivity index (χ0) is 18.6. The first-order valence-electron chi connectivity index (χ1n) is 10.0. The van der Waals surface area contributed by atoms with Crippen molar-refractivity contribution in [2.45, 2.75) is 39.0 Å². The number of benzene rings is 2. The number of rotatable bonds is 5. The molecule has 27 heavy (non-hydrogen) atoms. The van der Waals surface area contributed by atoms with Crippen LogP contribution in [0, 0.1) is 6.92 Å². The van der Waals surface area contributed by atoms with E-state index in [1.807, 2.05) is 12.3 Å². The van der Waals surface area contributed by atoms with Gasteiger partial charge in [0.1, 0.15) is 5.75 Å². The quantitative estimate of drug-likeness (QED) is 0.615. The second kappa shape index (κ2) is 7.99. The molecular weight excluding hydrogens is 332 g/mol. The average Bonchev–Trinajstić information content (AvgIpc) is 2.73. The summed E-state index contributed by atoms with van der Waals surface area (Å²) in [4.78, 5) is 7.25. The molecular formula is C24H28N2O. The maximum Gasteiger partial charge on any atom is 0.119 e. The summed E-state index contributed by atoms with van der Waals surface area (Å²) in [5.74, 6) is 0.913. The van der Waals surface area contributed by atoms with Crippen molar-refractivity contribution in [3.05, 3.63) is 65.5 Å². The van der Waals surface area contributed by atoms with Gasteiger partial charge in [-0.15, -0.1) is 0 Å². The predicted molar refractivity (Wildman–Crippen MR) is 113 cm³/mol. The summed E-state index contributed by atoms with van der Waals surface area (Å²) in [6.45, 7) is 4.53. The summed E-state index contributed by atoms with van der Waals surface area (Å²) in [5, 5.41) is 2.54. The third kappa shape index (κ3) is 3.92. The molecule has 1 aromatic heterocycles. The SMILES string of the molecule is COc1ccc2cccc(CCc3cc(N4CCCCC4)c(C)cn3)c2c1. The first-order chi connectivity index (χ1) is 13.2. The van der Waals surface area contributed by atoms with Gasteiger partial charge in [-0.25, -0.2) is 0 Å². The smallest absolute Gasteiger partial charge is 0.119 e. The number of fused-ring (bicyclic) bond motifs is 1. The van der Waals surface area contributed by atoms with Crippen LogP contribution in [0.15, 0.2) is 48.7 Å². The first-order valence-corrected chi connectivity index (χ1v) is 10.0. The lowest BCUT2D eigenvalue weighted by molar-refractivity contribution is 0.415. The number of aromatic nitrogens is 1. The zero-order valence-electron chi connectivity index (χ0n) is 16.4. The van der Waals surface area contributed by atoms with Crippen LogP contribution in [0.25, 0.3) is 10.8 Å². The fourth-order valence-corrected chi connectivity index (χ4v) is 4.09. The monoisotopic (exact) mass is 360 g/mol. The van der Waals surface area contributed by atoms with Crippen molar-refractivity contribution in [3.8, 4) is 5.75 Å². The van der Waals surface area contributed by atoms with E-state index in [2.05, 4.69) is 48.2 Å². The maximum absolute atomic E-state index is 5.42. The summed E-state index contributed by atoms with van der Waals surface area (Å²) in [6.07, 6.45) is 7.95. The molecule has 0 radical (unpaired) electrons. The Bertz CT molecular complexity index is 929. The molecule has 1 aliphatic heterocycles. The highest BCUT2D eigenvalue weighted by Gasteiger charge is 2.14. The van der Waals surface area contributed by atoms with Crippen LogP contribution in [0.3, 0.4) is 0 Å². The lowest BCUT2D eigenvalue weighted by Gasteiger charge is -2.30. The molecule has 1 fully saturated rings. The molecule has 140 valence electrons.